The highest BCUT2D eigenvalue weighted by atomic mass is 35.5. The molecule has 9 heteroatoms. The van der Waals surface area contributed by atoms with Crippen molar-refractivity contribution in [3.63, 3.8) is 0 Å². The summed E-state index contributed by atoms with van der Waals surface area (Å²) in [5.74, 6) is -7.64. The minimum Gasteiger partial charge on any atom is -0.438 e. The summed E-state index contributed by atoms with van der Waals surface area (Å²) in [6.45, 7) is 0. The second kappa shape index (κ2) is 4.48. The van der Waals surface area contributed by atoms with Gasteiger partial charge in [0.25, 0.3) is 0 Å². The highest BCUT2D eigenvalue weighted by Crippen LogP contribution is 2.40. The Morgan fingerprint density at radius 2 is 1.71 bits per heavy atom. The molecule has 0 aromatic heterocycles. The van der Waals surface area contributed by atoms with Gasteiger partial charge in [0.15, 0.2) is 0 Å². The van der Waals surface area contributed by atoms with Gasteiger partial charge < -0.3 is 4.74 Å². The van der Waals surface area contributed by atoms with Crippen LogP contribution in [0.5, 0.6) is 0 Å². The van der Waals surface area contributed by atoms with Crippen molar-refractivity contribution >= 4 is 29.2 Å². The van der Waals surface area contributed by atoms with Gasteiger partial charge >= 0.3 is 18.1 Å². The maximum Gasteiger partial charge on any atom is 0.458 e. The minimum absolute atomic E-state index is 0.864. The fraction of sp³-hybridized carbons (Fsp3) is 0.800. The number of esters is 1. The van der Waals surface area contributed by atoms with Crippen LogP contribution >= 0.6 is 23.2 Å². The molecule has 0 heterocycles. The third kappa shape index (κ3) is 3.13. The molecule has 1 atom stereocenters. The number of hydrogen-bond donors (Lipinski definition) is 0. The molecule has 0 amide bonds. The minimum atomic E-state index is -5.88. The van der Waals surface area contributed by atoms with Crippen molar-refractivity contribution in [2.45, 2.75) is 17.7 Å². The van der Waals surface area contributed by atoms with Gasteiger partial charge in [0.05, 0.1) is 0 Å². The fourth-order valence-corrected chi connectivity index (χ4v) is 0.636. The normalized spacial score (nSPS) is 15.1. The van der Waals surface area contributed by atoms with Crippen LogP contribution in [0.4, 0.5) is 22.0 Å². The van der Waals surface area contributed by atoms with E-state index in [1.165, 1.54) is 0 Å². The van der Waals surface area contributed by atoms with Gasteiger partial charge in [-0.05, 0) is 0 Å². The van der Waals surface area contributed by atoms with E-state index in [-0.39, 0.29) is 0 Å². The first-order valence-corrected chi connectivity index (χ1v) is 3.94. The van der Waals surface area contributed by atoms with E-state index in [1.807, 2.05) is 0 Å². The van der Waals surface area contributed by atoms with E-state index in [0.717, 1.165) is 0 Å². The van der Waals surface area contributed by atoms with Gasteiger partial charge in [0.1, 0.15) is 5.88 Å². The zero-order chi connectivity index (χ0) is 11.6. The molecule has 2 nitrogen and oxygen atoms in total. The van der Waals surface area contributed by atoms with E-state index in [1.54, 1.807) is 0 Å². The van der Waals surface area contributed by atoms with Crippen molar-refractivity contribution in [2.75, 3.05) is 5.88 Å². The van der Waals surface area contributed by atoms with Crippen molar-refractivity contribution in [1.82, 2.24) is 0 Å². The Morgan fingerprint density at radius 1 is 1.29 bits per heavy atom. The molecule has 0 saturated heterocycles. The van der Waals surface area contributed by atoms with Crippen molar-refractivity contribution in [3.05, 3.63) is 0 Å². The monoisotopic (exact) mass is 260 g/mol. The number of rotatable bonds is 3. The lowest BCUT2D eigenvalue weighted by molar-refractivity contribution is -0.301. The molecule has 0 bridgehead atoms. The van der Waals surface area contributed by atoms with E-state index in [2.05, 4.69) is 16.3 Å². The maximum atomic E-state index is 12.2. The molecule has 0 aromatic carbocycles. The molecule has 0 spiro atoms. The van der Waals surface area contributed by atoms with Gasteiger partial charge in [-0.15, -0.1) is 11.6 Å². The Kier molecular flexibility index (Phi) is 4.38. The molecule has 84 valence electrons. The first-order valence-electron chi connectivity index (χ1n) is 2.97. The van der Waals surface area contributed by atoms with Crippen molar-refractivity contribution in [1.29, 1.82) is 0 Å². The molecule has 0 rings (SSSR count). The Labute approximate surface area is 84.9 Å². The zero-order valence-corrected chi connectivity index (χ0v) is 7.76. The molecule has 0 aliphatic carbocycles. The number of carbonyl (C=O) groups excluding carboxylic acids is 1. The van der Waals surface area contributed by atoms with E-state index >= 15 is 0 Å². The molecule has 0 saturated carbocycles. The summed E-state index contributed by atoms with van der Waals surface area (Å²) in [7, 11) is 0. The third-order valence-electron chi connectivity index (χ3n) is 1.01. The highest BCUT2D eigenvalue weighted by Gasteiger charge is 2.64. The first-order chi connectivity index (χ1) is 6.13. The zero-order valence-electron chi connectivity index (χ0n) is 6.25. The average molecular weight is 261 g/mol. The van der Waals surface area contributed by atoms with Gasteiger partial charge in [0, 0.05) is 0 Å². The Morgan fingerprint density at radius 3 is 2.00 bits per heavy atom. The first kappa shape index (κ1) is 13.7. The number of hydrogen-bond acceptors (Lipinski definition) is 2. The largest absolute Gasteiger partial charge is 0.458 e. The van der Waals surface area contributed by atoms with Crippen LogP contribution in [0.3, 0.4) is 0 Å². The van der Waals surface area contributed by atoms with Gasteiger partial charge in [-0.25, -0.2) is 0 Å². The smallest absolute Gasteiger partial charge is 0.438 e. The Bertz CT molecular complexity index is 217. The lowest BCUT2D eigenvalue weighted by Gasteiger charge is -2.23. The van der Waals surface area contributed by atoms with Crippen LogP contribution < -0.4 is 0 Å². The summed E-state index contributed by atoms with van der Waals surface area (Å²) < 4.78 is 62.7. The van der Waals surface area contributed by atoms with Crippen LogP contribution in [-0.4, -0.2) is 29.5 Å². The predicted octanol–water partition coefficient (Wildman–Crippen LogP) is 2.53. The summed E-state index contributed by atoms with van der Waals surface area (Å²) >= 11 is 9.36. The summed E-state index contributed by atoms with van der Waals surface area (Å²) in [4.78, 5) is 10.3. The standard InChI is InChI=1S/C5H3Cl2F5O2/c6-1-2(13)14-3(7)4(8,9)5(10,11)12/h3H,1H2. The van der Waals surface area contributed by atoms with Gasteiger partial charge in [-0.2, -0.15) is 22.0 Å². The molecule has 1 unspecified atom stereocenters. The average Bonchev–Trinajstić information content (AvgIpc) is 2.01. The second-order valence-corrected chi connectivity index (χ2v) is 2.72. The number of ether oxygens (including phenoxy) is 1. The number of carbonyl (C=O) groups is 1. The predicted molar refractivity (Wildman–Crippen MR) is 37.5 cm³/mol. The summed E-state index contributed by atoms with van der Waals surface area (Å²) in [5.41, 5.74) is -3.12. The van der Waals surface area contributed by atoms with E-state index in [9.17, 15) is 26.7 Å². The van der Waals surface area contributed by atoms with Gasteiger partial charge in [-0.1, -0.05) is 11.6 Å². The molecular formula is C5H3Cl2F5O2. The number of halogens is 7. The van der Waals surface area contributed by atoms with E-state index in [4.69, 9.17) is 11.6 Å². The van der Waals surface area contributed by atoms with Crippen LogP contribution in [0.25, 0.3) is 0 Å². The SMILES string of the molecule is O=C(CCl)OC(Cl)C(F)(F)C(F)(F)F. The number of alkyl halides is 7. The van der Waals surface area contributed by atoms with E-state index < -0.39 is 29.5 Å². The van der Waals surface area contributed by atoms with Crippen molar-refractivity contribution in [2.24, 2.45) is 0 Å². The molecule has 0 fully saturated rings. The summed E-state index contributed by atoms with van der Waals surface area (Å²) in [5, 5.41) is 0. The molecule has 0 radical (unpaired) electrons. The lowest BCUT2D eigenvalue weighted by Crippen LogP contribution is -2.46. The molecule has 14 heavy (non-hydrogen) atoms. The Hall–Kier alpha value is -0.300. The summed E-state index contributed by atoms with van der Waals surface area (Å²) in [6, 6.07) is 0. The molecule has 0 aromatic rings. The van der Waals surface area contributed by atoms with Crippen LogP contribution in [0.15, 0.2) is 0 Å². The van der Waals surface area contributed by atoms with Gasteiger partial charge in [0.2, 0.25) is 5.56 Å². The highest BCUT2D eigenvalue weighted by molar-refractivity contribution is 6.27. The van der Waals surface area contributed by atoms with Crippen LogP contribution in [-0.2, 0) is 9.53 Å². The molecular weight excluding hydrogens is 258 g/mol. The van der Waals surface area contributed by atoms with Crippen molar-refractivity contribution < 1.29 is 31.5 Å². The lowest BCUT2D eigenvalue weighted by atomic mass is 10.3. The third-order valence-corrected chi connectivity index (χ3v) is 1.59. The Balaban J connectivity index is 4.51. The van der Waals surface area contributed by atoms with Crippen molar-refractivity contribution in [3.8, 4) is 0 Å². The van der Waals surface area contributed by atoms with E-state index in [0.29, 0.717) is 0 Å². The molecule has 0 aliphatic heterocycles. The fourth-order valence-electron chi connectivity index (χ4n) is 0.350. The second-order valence-electron chi connectivity index (χ2n) is 2.06. The molecule has 0 N–H and O–H groups in total. The van der Waals surface area contributed by atoms with Crippen LogP contribution in [0.2, 0.25) is 0 Å². The molecule has 0 aliphatic rings. The van der Waals surface area contributed by atoms with Gasteiger partial charge in [-0.3, -0.25) is 4.79 Å². The quantitative estimate of drug-likeness (QED) is 0.443. The van der Waals surface area contributed by atoms with Crippen LogP contribution in [0.1, 0.15) is 0 Å². The van der Waals surface area contributed by atoms with Crippen LogP contribution in [0, 0.1) is 0 Å². The summed E-state index contributed by atoms with van der Waals surface area (Å²) in [6.07, 6.45) is -5.88. The topological polar surface area (TPSA) is 26.3 Å². The maximum absolute atomic E-state index is 12.2.